The molecule has 0 saturated heterocycles. The molecular weight excluding hydrogens is 462 g/mol. The molecule has 35 heavy (non-hydrogen) atoms. The van der Waals surface area contributed by atoms with Gasteiger partial charge in [-0.05, 0) is 43.7 Å². The molecule has 0 aliphatic heterocycles. The minimum absolute atomic E-state index is 0.0898. The summed E-state index contributed by atoms with van der Waals surface area (Å²) in [4.78, 5) is 25.3. The van der Waals surface area contributed by atoms with Crippen LogP contribution in [0, 0.1) is 13.8 Å². The van der Waals surface area contributed by atoms with Gasteiger partial charge in [0.2, 0.25) is 5.78 Å². The van der Waals surface area contributed by atoms with Crippen molar-refractivity contribution in [3.8, 4) is 0 Å². The van der Waals surface area contributed by atoms with Crippen molar-refractivity contribution in [3.63, 3.8) is 0 Å². The van der Waals surface area contributed by atoms with Crippen LogP contribution in [0.4, 0.5) is 5.69 Å². The summed E-state index contributed by atoms with van der Waals surface area (Å²) in [5.74, 6) is -0.326. The summed E-state index contributed by atoms with van der Waals surface area (Å²) in [6, 6.07) is 20.6. The van der Waals surface area contributed by atoms with Gasteiger partial charge in [-0.2, -0.15) is 8.42 Å². The number of allylic oxidation sites excluding steroid dienone is 2. The van der Waals surface area contributed by atoms with Gasteiger partial charge in [0.15, 0.2) is 5.78 Å². The number of rotatable bonds is 7. The fourth-order valence-electron chi connectivity index (χ4n) is 3.69. The number of sulfonamides is 1. The van der Waals surface area contributed by atoms with E-state index in [-0.39, 0.29) is 41.0 Å². The van der Waals surface area contributed by atoms with E-state index in [2.05, 4.69) is 15.0 Å². The molecule has 7 nitrogen and oxygen atoms in total. The largest absolute Gasteiger partial charge is 0.381 e. The number of amidine groups is 1. The van der Waals surface area contributed by atoms with Crippen LogP contribution in [0.1, 0.15) is 38.3 Å². The van der Waals surface area contributed by atoms with Crippen molar-refractivity contribution < 1.29 is 18.0 Å². The predicted octanol–water partition coefficient (Wildman–Crippen LogP) is 4.45. The third-order valence-electron chi connectivity index (χ3n) is 5.49. The zero-order valence-electron chi connectivity index (χ0n) is 19.4. The Balaban J connectivity index is 1.55. The smallest absolute Gasteiger partial charge is 0.283 e. The quantitative estimate of drug-likeness (QED) is 0.377. The standard InChI is InChI=1S/C27H25N3O4S/c1-18-10-12-21(13-11-18)35(33,34)30-26(29-20-7-5-6-19(2)16-20)14-15-28-24-17-25(31)22-8-3-4-9-23(22)27(24)32/h3-13,16-17,28H,14-15H2,1-2H3,(H,29,30). The van der Waals surface area contributed by atoms with Crippen LogP contribution >= 0.6 is 0 Å². The molecule has 1 aliphatic rings. The first kappa shape index (κ1) is 24.1. The van der Waals surface area contributed by atoms with Gasteiger partial charge in [-0.1, -0.05) is 54.1 Å². The van der Waals surface area contributed by atoms with Gasteiger partial charge < -0.3 is 10.6 Å². The van der Waals surface area contributed by atoms with Gasteiger partial charge in [-0.25, -0.2) is 0 Å². The molecule has 1 aliphatic carbocycles. The molecule has 0 amide bonds. The Labute approximate surface area is 204 Å². The summed E-state index contributed by atoms with van der Waals surface area (Å²) in [6.45, 7) is 4.00. The van der Waals surface area contributed by atoms with E-state index in [1.807, 2.05) is 38.1 Å². The maximum absolute atomic E-state index is 13.0. The second-order valence-corrected chi connectivity index (χ2v) is 9.90. The van der Waals surface area contributed by atoms with Crippen LogP contribution in [0.5, 0.6) is 0 Å². The Hall–Kier alpha value is -4.04. The molecule has 4 rings (SSSR count). The lowest BCUT2D eigenvalue weighted by atomic mass is 9.93. The van der Waals surface area contributed by atoms with E-state index >= 15 is 0 Å². The summed E-state index contributed by atoms with van der Waals surface area (Å²) in [7, 11) is -3.96. The molecule has 0 saturated carbocycles. The summed E-state index contributed by atoms with van der Waals surface area (Å²) in [5, 5.41) is 6.07. The summed E-state index contributed by atoms with van der Waals surface area (Å²) in [6.07, 6.45) is 1.44. The number of nitrogens with zero attached hydrogens (tertiary/aromatic N) is 1. The molecule has 0 fully saturated rings. The zero-order chi connectivity index (χ0) is 25.0. The van der Waals surface area contributed by atoms with Gasteiger partial charge >= 0.3 is 0 Å². The molecule has 2 N–H and O–H groups in total. The van der Waals surface area contributed by atoms with Crippen molar-refractivity contribution in [2.75, 3.05) is 11.9 Å². The molecule has 0 radical (unpaired) electrons. The summed E-state index contributed by atoms with van der Waals surface area (Å²) >= 11 is 0. The van der Waals surface area contributed by atoms with E-state index in [9.17, 15) is 18.0 Å². The number of Topliss-reactive ketones (excluding diaryl/α,β-unsaturated/α-hetero) is 1. The SMILES string of the molecule is Cc1ccc(S(=O)(=O)N=C(CCNC2=CC(=O)c3ccccc3C2=O)Nc2cccc(C)c2)cc1. The third kappa shape index (κ3) is 5.73. The molecule has 0 spiro atoms. The second kappa shape index (κ2) is 10.1. The van der Waals surface area contributed by atoms with Gasteiger partial charge in [0.25, 0.3) is 10.0 Å². The third-order valence-corrected chi connectivity index (χ3v) is 6.82. The zero-order valence-corrected chi connectivity index (χ0v) is 20.2. The van der Waals surface area contributed by atoms with E-state index in [1.54, 1.807) is 36.4 Å². The molecule has 8 heteroatoms. The lowest BCUT2D eigenvalue weighted by molar-refractivity contribution is 0.0978. The van der Waals surface area contributed by atoms with Crippen LogP contribution in [0.3, 0.4) is 0 Å². The number of fused-ring (bicyclic) bond motifs is 1. The number of ketones is 2. The molecule has 0 atom stereocenters. The fraction of sp³-hybridized carbons (Fsp3) is 0.148. The fourth-order valence-corrected chi connectivity index (χ4v) is 4.70. The van der Waals surface area contributed by atoms with E-state index in [0.717, 1.165) is 11.1 Å². The molecule has 178 valence electrons. The van der Waals surface area contributed by atoms with Crippen LogP contribution in [0.15, 0.2) is 93.9 Å². The Morgan fingerprint density at radius 1 is 0.857 bits per heavy atom. The first-order valence-electron chi connectivity index (χ1n) is 11.1. The van der Waals surface area contributed by atoms with Crippen LogP contribution in [-0.2, 0) is 10.0 Å². The molecule has 3 aromatic rings. The van der Waals surface area contributed by atoms with Crippen molar-refractivity contribution in [3.05, 3.63) is 107 Å². The molecular formula is C27H25N3O4S. The maximum Gasteiger partial charge on any atom is 0.283 e. The van der Waals surface area contributed by atoms with E-state index in [4.69, 9.17) is 0 Å². The number of carbonyl (C=O) groups is 2. The van der Waals surface area contributed by atoms with Crippen molar-refractivity contribution in [1.29, 1.82) is 0 Å². The van der Waals surface area contributed by atoms with Crippen molar-refractivity contribution in [2.24, 2.45) is 4.40 Å². The lowest BCUT2D eigenvalue weighted by Crippen LogP contribution is -2.29. The van der Waals surface area contributed by atoms with Gasteiger partial charge in [-0.15, -0.1) is 4.40 Å². The Kier molecular flexibility index (Phi) is 6.93. The molecule has 0 heterocycles. The van der Waals surface area contributed by atoms with Crippen molar-refractivity contribution >= 4 is 33.1 Å². The highest BCUT2D eigenvalue weighted by molar-refractivity contribution is 7.90. The number of hydrogen-bond donors (Lipinski definition) is 2. The van der Waals surface area contributed by atoms with Gasteiger partial charge in [-0.3, -0.25) is 9.59 Å². The highest BCUT2D eigenvalue weighted by atomic mass is 32.2. The Bertz CT molecular complexity index is 1460. The van der Waals surface area contributed by atoms with Gasteiger partial charge in [0.05, 0.1) is 10.6 Å². The normalized spacial score (nSPS) is 13.8. The number of benzene rings is 3. The number of anilines is 1. The molecule has 0 bridgehead atoms. The Morgan fingerprint density at radius 2 is 1.57 bits per heavy atom. The van der Waals surface area contributed by atoms with Crippen LogP contribution in [0.2, 0.25) is 0 Å². The lowest BCUT2D eigenvalue weighted by Gasteiger charge is -2.17. The first-order valence-corrected chi connectivity index (χ1v) is 12.5. The van der Waals surface area contributed by atoms with Crippen LogP contribution in [0.25, 0.3) is 0 Å². The van der Waals surface area contributed by atoms with Gasteiger partial charge in [0.1, 0.15) is 5.84 Å². The average molecular weight is 488 g/mol. The highest BCUT2D eigenvalue weighted by Crippen LogP contribution is 2.20. The molecule has 3 aromatic carbocycles. The van der Waals surface area contributed by atoms with E-state index in [0.29, 0.717) is 16.8 Å². The average Bonchev–Trinajstić information content (AvgIpc) is 2.82. The number of nitrogens with one attached hydrogen (secondary N) is 2. The predicted molar refractivity (Wildman–Crippen MR) is 136 cm³/mol. The number of carbonyl (C=O) groups excluding carboxylic acids is 2. The summed E-state index contributed by atoms with van der Waals surface area (Å²) in [5.41, 5.74) is 3.53. The van der Waals surface area contributed by atoms with Crippen LogP contribution in [-0.4, -0.2) is 32.4 Å². The maximum atomic E-state index is 13.0. The first-order chi connectivity index (χ1) is 16.7. The summed E-state index contributed by atoms with van der Waals surface area (Å²) < 4.78 is 30.0. The minimum Gasteiger partial charge on any atom is -0.381 e. The minimum atomic E-state index is -3.96. The molecule has 0 unspecified atom stereocenters. The number of hydrogen-bond acceptors (Lipinski definition) is 5. The van der Waals surface area contributed by atoms with E-state index < -0.39 is 10.0 Å². The number of aryl methyl sites for hydroxylation is 2. The van der Waals surface area contributed by atoms with Crippen LogP contribution < -0.4 is 10.6 Å². The topological polar surface area (TPSA) is 105 Å². The van der Waals surface area contributed by atoms with Crippen molar-refractivity contribution in [1.82, 2.24) is 5.32 Å². The van der Waals surface area contributed by atoms with Crippen molar-refractivity contribution in [2.45, 2.75) is 25.2 Å². The highest BCUT2D eigenvalue weighted by Gasteiger charge is 2.25. The van der Waals surface area contributed by atoms with Gasteiger partial charge in [0, 0.05) is 35.9 Å². The molecule has 0 aromatic heterocycles. The van der Waals surface area contributed by atoms with E-state index in [1.165, 1.54) is 18.2 Å². The Morgan fingerprint density at radius 3 is 2.29 bits per heavy atom. The second-order valence-electron chi connectivity index (χ2n) is 8.29. The monoisotopic (exact) mass is 487 g/mol.